The van der Waals surface area contributed by atoms with E-state index in [2.05, 4.69) is 165 Å². The van der Waals surface area contributed by atoms with Gasteiger partial charge in [0, 0.05) is 38.3 Å². The van der Waals surface area contributed by atoms with Crippen LogP contribution in [0.2, 0.25) is 0 Å². The number of hydrogen-bond donors (Lipinski definition) is 0. The number of hydrogen-bond acceptors (Lipinski definition) is 2. The summed E-state index contributed by atoms with van der Waals surface area (Å²) in [7, 11) is 0. The molecule has 0 N–H and O–H groups in total. The molecule has 3 heterocycles. The molecular formula is C48H29N5. The Bertz CT molecular complexity index is 3260. The number of para-hydroxylation sites is 3. The summed E-state index contributed by atoms with van der Waals surface area (Å²) >= 11 is 0. The van der Waals surface area contributed by atoms with Crippen LogP contribution >= 0.6 is 0 Å². The van der Waals surface area contributed by atoms with E-state index >= 15 is 0 Å². The van der Waals surface area contributed by atoms with Crippen LogP contribution in [0.1, 0.15) is 28.8 Å². The van der Waals surface area contributed by atoms with Gasteiger partial charge >= 0.3 is 0 Å². The average molecular weight is 676 g/mol. The SMILES string of the molecule is N#Cc1ccc(C#N)c(-n2c3ccc(-n4c5ccccc5c5ccccc54)cc3c3c4ccccc4ccc32)c1-n1c2c(c3ccccc31)CCC=C2. The zero-order chi connectivity index (χ0) is 35.2. The molecule has 0 bridgehead atoms. The fraction of sp³-hybridized carbons (Fsp3) is 0.0417. The summed E-state index contributed by atoms with van der Waals surface area (Å²) in [6, 6.07) is 53.8. The summed E-state index contributed by atoms with van der Waals surface area (Å²) in [6.45, 7) is 0. The van der Waals surface area contributed by atoms with Gasteiger partial charge in [0.25, 0.3) is 0 Å². The van der Waals surface area contributed by atoms with Crippen LogP contribution in [0.25, 0.3) is 88.4 Å². The highest BCUT2D eigenvalue weighted by Crippen LogP contribution is 2.44. The number of benzene rings is 7. The van der Waals surface area contributed by atoms with Gasteiger partial charge in [-0.25, -0.2) is 0 Å². The Morgan fingerprint density at radius 3 is 1.74 bits per heavy atom. The number of nitriles is 2. The summed E-state index contributed by atoms with van der Waals surface area (Å²) in [5.74, 6) is 0. The van der Waals surface area contributed by atoms with Gasteiger partial charge in [-0.05, 0) is 89.9 Å². The van der Waals surface area contributed by atoms with Crippen LogP contribution in [0.5, 0.6) is 0 Å². The van der Waals surface area contributed by atoms with Crippen LogP contribution < -0.4 is 0 Å². The maximum atomic E-state index is 10.9. The summed E-state index contributed by atoms with van der Waals surface area (Å²) in [5.41, 5.74) is 11.1. The van der Waals surface area contributed by atoms with Crippen LogP contribution in [-0.4, -0.2) is 13.7 Å². The van der Waals surface area contributed by atoms with Crippen LogP contribution in [0, 0.1) is 22.7 Å². The van der Waals surface area contributed by atoms with E-state index in [1.807, 2.05) is 0 Å². The monoisotopic (exact) mass is 675 g/mol. The van der Waals surface area contributed by atoms with Gasteiger partial charge in [0.1, 0.15) is 12.1 Å². The fourth-order valence-corrected chi connectivity index (χ4v) is 9.00. The van der Waals surface area contributed by atoms with Crippen molar-refractivity contribution in [1.29, 1.82) is 10.5 Å². The van der Waals surface area contributed by atoms with Gasteiger partial charge in [0.15, 0.2) is 0 Å². The second-order valence-corrected chi connectivity index (χ2v) is 13.8. The first-order valence-electron chi connectivity index (χ1n) is 18.0. The van der Waals surface area contributed by atoms with Crippen molar-refractivity contribution in [3.05, 3.63) is 168 Å². The molecule has 1 aliphatic rings. The van der Waals surface area contributed by atoms with E-state index < -0.39 is 0 Å². The van der Waals surface area contributed by atoms with Gasteiger partial charge < -0.3 is 13.7 Å². The molecule has 0 saturated heterocycles. The van der Waals surface area contributed by atoms with E-state index in [0.29, 0.717) is 22.5 Å². The molecule has 3 aromatic heterocycles. The highest BCUT2D eigenvalue weighted by atomic mass is 15.1. The number of rotatable bonds is 3. The molecule has 5 nitrogen and oxygen atoms in total. The highest BCUT2D eigenvalue weighted by molar-refractivity contribution is 6.22. The molecule has 0 unspecified atom stereocenters. The molecule has 0 amide bonds. The van der Waals surface area contributed by atoms with Crippen molar-refractivity contribution in [1.82, 2.24) is 13.7 Å². The molecule has 0 saturated carbocycles. The van der Waals surface area contributed by atoms with E-state index in [1.54, 1.807) is 12.1 Å². The van der Waals surface area contributed by atoms with Crippen molar-refractivity contribution >= 4 is 71.4 Å². The van der Waals surface area contributed by atoms with Crippen LogP contribution in [-0.2, 0) is 6.42 Å². The minimum absolute atomic E-state index is 0.503. The van der Waals surface area contributed by atoms with Gasteiger partial charge in [0.2, 0.25) is 0 Å². The normalized spacial score (nSPS) is 12.6. The first-order chi connectivity index (χ1) is 26.2. The molecule has 53 heavy (non-hydrogen) atoms. The second-order valence-electron chi connectivity index (χ2n) is 13.8. The van der Waals surface area contributed by atoms with Crippen molar-refractivity contribution < 1.29 is 0 Å². The van der Waals surface area contributed by atoms with Gasteiger partial charge in [-0.15, -0.1) is 0 Å². The molecule has 11 rings (SSSR count). The minimum atomic E-state index is 0.503. The van der Waals surface area contributed by atoms with Gasteiger partial charge in [-0.3, -0.25) is 0 Å². The molecule has 0 atom stereocenters. The zero-order valence-corrected chi connectivity index (χ0v) is 28.6. The zero-order valence-electron chi connectivity index (χ0n) is 28.6. The summed E-state index contributed by atoms with van der Waals surface area (Å²) in [4.78, 5) is 0. The number of nitrogens with zero attached hydrogens (tertiary/aromatic N) is 5. The van der Waals surface area contributed by atoms with E-state index in [0.717, 1.165) is 73.4 Å². The Balaban J connectivity index is 1.31. The second kappa shape index (κ2) is 11.1. The van der Waals surface area contributed by atoms with Crippen molar-refractivity contribution in [2.75, 3.05) is 0 Å². The predicted molar refractivity (Wildman–Crippen MR) is 216 cm³/mol. The van der Waals surface area contributed by atoms with Crippen LogP contribution in [0.4, 0.5) is 0 Å². The van der Waals surface area contributed by atoms with Crippen LogP contribution in [0.3, 0.4) is 0 Å². The van der Waals surface area contributed by atoms with Gasteiger partial charge in [-0.1, -0.05) is 91.0 Å². The lowest BCUT2D eigenvalue weighted by Gasteiger charge is -2.20. The number of allylic oxidation sites excluding steroid dienone is 1. The fourth-order valence-electron chi connectivity index (χ4n) is 9.00. The maximum absolute atomic E-state index is 10.9. The highest BCUT2D eigenvalue weighted by Gasteiger charge is 2.27. The third-order valence-corrected chi connectivity index (χ3v) is 11.2. The first-order valence-corrected chi connectivity index (χ1v) is 18.0. The number of fused-ring (bicyclic) bond motifs is 11. The summed E-state index contributed by atoms with van der Waals surface area (Å²) in [5, 5.41) is 29.7. The van der Waals surface area contributed by atoms with Crippen molar-refractivity contribution in [3.8, 4) is 29.2 Å². The molecule has 10 aromatic rings. The Hall–Kier alpha value is -7.34. The average Bonchev–Trinajstić information content (AvgIpc) is 3.86. The Kier molecular flexibility index (Phi) is 6.14. The largest absolute Gasteiger partial charge is 0.309 e. The quantitative estimate of drug-likeness (QED) is 0.187. The van der Waals surface area contributed by atoms with Crippen molar-refractivity contribution in [2.24, 2.45) is 0 Å². The van der Waals surface area contributed by atoms with Crippen molar-refractivity contribution in [2.45, 2.75) is 12.8 Å². The minimum Gasteiger partial charge on any atom is -0.309 e. The predicted octanol–water partition coefficient (Wildman–Crippen LogP) is 11.7. The Morgan fingerprint density at radius 2 is 1.04 bits per heavy atom. The van der Waals surface area contributed by atoms with Crippen molar-refractivity contribution in [3.63, 3.8) is 0 Å². The first kappa shape index (κ1) is 29.4. The number of aryl methyl sites for hydroxylation is 1. The van der Waals surface area contributed by atoms with Gasteiger partial charge in [0.05, 0.1) is 50.1 Å². The lowest BCUT2D eigenvalue weighted by atomic mass is 10.0. The van der Waals surface area contributed by atoms with E-state index in [-0.39, 0.29) is 0 Å². The molecule has 5 heteroatoms. The summed E-state index contributed by atoms with van der Waals surface area (Å²) in [6.07, 6.45) is 6.27. The molecular weight excluding hydrogens is 647 g/mol. The Labute approximate surface area is 304 Å². The lowest BCUT2D eigenvalue weighted by Crippen LogP contribution is -2.10. The molecule has 1 aliphatic carbocycles. The lowest BCUT2D eigenvalue weighted by molar-refractivity contribution is 0.960. The molecule has 0 spiro atoms. The van der Waals surface area contributed by atoms with E-state index in [9.17, 15) is 10.5 Å². The number of aromatic nitrogens is 3. The standard InChI is InChI=1S/C48H29N5/c49-28-31-21-22-32(29-50)48(47(31)52-42-19-9-5-15-37(42)38-16-6-10-20-43(38)52)53-44-26-24-33(27-39(44)46-34-12-2-1-11-30(34)23-25-45(46)53)51-40-17-7-3-13-35(40)36-14-4-8-18-41(36)51/h1-5,7-15,17-27H,6,16H2. The molecule has 0 radical (unpaired) electrons. The summed E-state index contributed by atoms with van der Waals surface area (Å²) < 4.78 is 6.81. The third kappa shape index (κ3) is 3.99. The smallest absolute Gasteiger partial charge is 0.101 e. The topological polar surface area (TPSA) is 62.4 Å². The molecule has 0 fully saturated rings. The molecule has 0 aliphatic heterocycles. The van der Waals surface area contributed by atoms with Gasteiger partial charge in [-0.2, -0.15) is 10.5 Å². The third-order valence-electron chi connectivity index (χ3n) is 11.2. The maximum Gasteiger partial charge on any atom is 0.101 e. The van der Waals surface area contributed by atoms with E-state index in [4.69, 9.17) is 0 Å². The molecule has 7 aromatic carbocycles. The molecule has 246 valence electrons. The van der Waals surface area contributed by atoms with Crippen LogP contribution in [0.15, 0.2) is 146 Å². The van der Waals surface area contributed by atoms with E-state index in [1.165, 1.54) is 21.7 Å². The Morgan fingerprint density at radius 1 is 0.472 bits per heavy atom.